The molecule has 1 fully saturated rings. The van der Waals surface area contributed by atoms with Crippen LogP contribution in [-0.4, -0.2) is 35.7 Å². The minimum Gasteiger partial charge on any atom is -0.393 e. The normalized spacial score (nSPS) is 28.4. The highest BCUT2D eigenvalue weighted by molar-refractivity contribution is 4.86. The van der Waals surface area contributed by atoms with Gasteiger partial charge >= 0.3 is 0 Å². The van der Waals surface area contributed by atoms with Gasteiger partial charge in [0.2, 0.25) is 0 Å². The maximum atomic E-state index is 9.35. The molecule has 1 heterocycles. The van der Waals surface area contributed by atoms with E-state index in [0.29, 0.717) is 5.92 Å². The maximum absolute atomic E-state index is 9.35. The van der Waals surface area contributed by atoms with Crippen LogP contribution in [0.15, 0.2) is 12.2 Å². The van der Waals surface area contributed by atoms with Gasteiger partial charge in [-0.3, -0.25) is 4.90 Å². The van der Waals surface area contributed by atoms with E-state index in [1.807, 2.05) is 13.8 Å². The van der Waals surface area contributed by atoms with Crippen molar-refractivity contribution < 1.29 is 5.11 Å². The van der Waals surface area contributed by atoms with Crippen LogP contribution in [-0.2, 0) is 0 Å². The summed E-state index contributed by atoms with van der Waals surface area (Å²) in [5.41, 5.74) is 0. The zero-order valence-electron chi connectivity index (χ0n) is 8.03. The zero-order valence-corrected chi connectivity index (χ0v) is 8.03. The van der Waals surface area contributed by atoms with E-state index in [2.05, 4.69) is 17.1 Å². The maximum Gasteiger partial charge on any atom is 0.0552 e. The van der Waals surface area contributed by atoms with Gasteiger partial charge in [0.25, 0.3) is 0 Å². The fraction of sp³-hybridized carbons (Fsp3) is 0.800. The molecule has 0 amide bonds. The number of likely N-dealkylation sites (tertiary alicyclic amines) is 1. The van der Waals surface area contributed by atoms with Crippen LogP contribution in [0, 0.1) is 5.92 Å². The molecular weight excluding hydrogens is 150 g/mol. The van der Waals surface area contributed by atoms with Gasteiger partial charge in [-0.05, 0) is 32.7 Å². The van der Waals surface area contributed by atoms with Crippen LogP contribution >= 0.6 is 0 Å². The molecule has 0 radical (unpaired) electrons. The van der Waals surface area contributed by atoms with E-state index in [9.17, 15) is 5.11 Å². The molecule has 0 saturated carbocycles. The Balaban J connectivity index is 2.25. The van der Waals surface area contributed by atoms with Crippen LogP contribution in [0.3, 0.4) is 0 Å². The lowest BCUT2D eigenvalue weighted by molar-refractivity contribution is 0.129. The molecule has 0 aromatic carbocycles. The molecule has 70 valence electrons. The van der Waals surface area contributed by atoms with Gasteiger partial charge in [-0.1, -0.05) is 12.2 Å². The summed E-state index contributed by atoms with van der Waals surface area (Å²) in [7, 11) is 0. The summed E-state index contributed by atoms with van der Waals surface area (Å²) in [5.74, 6) is 0.496. The van der Waals surface area contributed by atoms with E-state index >= 15 is 0 Å². The van der Waals surface area contributed by atoms with Crippen molar-refractivity contribution in [2.75, 3.05) is 19.6 Å². The Bertz CT molecular complexity index is 154. The van der Waals surface area contributed by atoms with Crippen molar-refractivity contribution in [3.8, 4) is 0 Å². The minimum absolute atomic E-state index is 0.138. The van der Waals surface area contributed by atoms with Gasteiger partial charge in [0.15, 0.2) is 0 Å². The fourth-order valence-electron chi connectivity index (χ4n) is 1.68. The van der Waals surface area contributed by atoms with Gasteiger partial charge in [0.05, 0.1) is 6.10 Å². The lowest BCUT2D eigenvalue weighted by Crippen LogP contribution is -2.24. The summed E-state index contributed by atoms with van der Waals surface area (Å²) in [6, 6.07) is 0. The number of hydrogen-bond donors (Lipinski definition) is 1. The third kappa shape index (κ3) is 2.61. The van der Waals surface area contributed by atoms with E-state index in [4.69, 9.17) is 0 Å². The number of rotatable bonds is 3. The first-order valence-corrected chi connectivity index (χ1v) is 4.75. The Labute approximate surface area is 74.9 Å². The fourth-order valence-corrected chi connectivity index (χ4v) is 1.68. The summed E-state index contributed by atoms with van der Waals surface area (Å²) < 4.78 is 0. The lowest BCUT2D eigenvalue weighted by atomic mass is 10.0. The monoisotopic (exact) mass is 169 g/mol. The Hall–Kier alpha value is -0.340. The van der Waals surface area contributed by atoms with E-state index in [0.717, 1.165) is 26.1 Å². The molecule has 2 unspecified atom stereocenters. The van der Waals surface area contributed by atoms with E-state index in [1.54, 1.807) is 0 Å². The standard InChI is InChI=1S/C10H19NO/c1-3-4-6-11-7-5-10(8-11)9(2)12/h3-4,9-10,12H,5-8H2,1-2H3/b4-3+. The van der Waals surface area contributed by atoms with Gasteiger partial charge in [-0.15, -0.1) is 0 Å². The Morgan fingerprint density at radius 2 is 2.42 bits per heavy atom. The average Bonchev–Trinajstić information content (AvgIpc) is 2.48. The Kier molecular flexibility index (Phi) is 3.76. The highest BCUT2D eigenvalue weighted by atomic mass is 16.3. The first-order valence-electron chi connectivity index (χ1n) is 4.75. The highest BCUT2D eigenvalue weighted by Gasteiger charge is 2.24. The molecule has 1 saturated heterocycles. The second-order valence-corrected chi connectivity index (χ2v) is 3.62. The zero-order chi connectivity index (χ0) is 8.97. The summed E-state index contributed by atoms with van der Waals surface area (Å²) >= 11 is 0. The summed E-state index contributed by atoms with van der Waals surface area (Å²) in [5, 5.41) is 9.35. The van der Waals surface area contributed by atoms with Crippen molar-refractivity contribution in [3.63, 3.8) is 0 Å². The first kappa shape index (κ1) is 9.75. The Morgan fingerprint density at radius 1 is 1.67 bits per heavy atom. The van der Waals surface area contributed by atoms with Crippen molar-refractivity contribution >= 4 is 0 Å². The van der Waals surface area contributed by atoms with Crippen LogP contribution in [0.2, 0.25) is 0 Å². The van der Waals surface area contributed by atoms with E-state index < -0.39 is 0 Å². The molecule has 2 nitrogen and oxygen atoms in total. The molecule has 1 aliphatic rings. The first-order chi connectivity index (χ1) is 5.74. The van der Waals surface area contributed by atoms with Crippen LogP contribution in [0.1, 0.15) is 20.3 Å². The molecule has 0 bridgehead atoms. The lowest BCUT2D eigenvalue weighted by Gasteiger charge is -2.15. The predicted molar refractivity (Wildman–Crippen MR) is 51.0 cm³/mol. The Morgan fingerprint density at radius 3 is 2.92 bits per heavy atom. The van der Waals surface area contributed by atoms with Gasteiger partial charge in [-0.25, -0.2) is 0 Å². The molecule has 2 atom stereocenters. The van der Waals surface area contributed by atoms with Crippen molar-refractivity contribution in [3.05, 3.63) is 12.2 Å². The minimum atomic E-state index is -0.138. The van der Waals surface area contributed by atoms with Crippen LogP contribution in [0.4, 0.5) is 0 Å². The molecule has 2 heteroatoms. The number of aliphatic hydroxyl groups is 1. The van der Waals surface area contributed by atoms with E-state index in [-0.39, 0.29) is 6.10 Å². The third-order valence-electron chi connectivity index (χ3n) is 2.59. The van der Waals surface area contributed by atoms with Gasteiger partial charge < -0.3 is 5.11 Å². The number of hydrogen-bond acceptors (Lipinski definition) is 2. The van der Waals surface area contributed by atoms with Crippen LogP contribution < -0.4 is 0 Å². The molecule has 0 spiro atoms. The molecule has 0 aromatic rings. The topological polar surface area (TPSA) is 23.5 Å². The molecular formula is C10H19NO. The van der Waals surface area contributed by atoms with Crippen molar-refractivity contribution in [1.82, 2.24) is 4.90 Å². The smallest absolute Gasteiger partial charge is 0.0552 e. The second-order valence-electron chi connectivity index (χ2n) is 3.62. The summed E-state index contributed by atoms with van der Waals surface area (Å²) in [6.07, 6.45) is 5.26. The van der Waals surface area contributed by atoms with Crippen molar-refractivity contribution in [1.29, 1.82) is 0 Å². The predicted octanol–water partition coefficient (Wildman–Crippen LogP) is 1.27. The number of allylic oxidation sites excluding steroid dienone is 1. The van der Waals surface area contributed by atoms with Crippen molar-refractivity contribution in [2.24, 2.45) is 5.92 Å². The number of nitrogens with zero attached hydrogens (tertiary/aromatic N) is 1. The quantitative estimate of drug-likeness (QED) is 0.643. The largest absolute Gasteiger partial charge is 0.393 e. The average molecular weight is 169 g/mol. The number of aliphatic hydroxyl groups excluding tert-OH is 1. The highest BCUT2D eigenvalue weighted by Crippen LogP contribution is 2.18. The molecule has 1 N–H and O–H groups in total. The van der Waals surface area contributed by atoms with E-state index in [1.165, 1.54) is 0 Å². The SMILES string of the molecule is C/C=C/CN1CCC(C(C)O)C1. The second kappa shape index (κ2) is 4.63. The van der Waals surface area contributed by atoms with Crippen LogP contribution in [0.25, 0.3) is 0 Å². The van der Waals surface area contributed by atoms with Crippen LogP contribution in [0.5, 0.6) is 0 Å². The van der Waals surface area contributed by atoms with Gasteiger partial charge in [0.1, 0.15) is 0 Å². The van der Waals surface area contributed by atoms with Gasteiger partial charge in [0, 0.05) is 13.1 Å². The third-order valence-corrected chi connectivity index (χ3v) is 2.59. The molecule has 1 aliphatic heterocycles. The molecule has 12 heavy (non-hydrogen) atoms. The molecule has 0 aromatic heterocycles. The van der Waals surface area contributed by atoms with Gasteiger partial charge in [-0.2, -0.15) is 0 Å². The molecule has 0 aliphatic carbocycles. The summed E-state index contributed by atoms with van der Waals surface area (Å²) in [4.78, 5) is 2.39. The van der Waals surface area contributed by atoms with Crippen molar-refractivity contribution in [2.45, 2.75) is 26.4 Å². The summed E-state index contributed by atoms with van der Waals surface area (Å²) in [6.45, 7) is 7.17. The molecule has 1 rings (SSSR count).